The minimum atomic E-state index is -4.61. The molecule has 0 spiro atoms. The number of alkyl halides is 3. The molecule has 2 heterocycles. The van der Waals surface area contributed by atoms with Crippen molar-refractivity contribution in [3.63, 3.8) is 0 Å². The highest BCUT2D eigenvalue weighted by molar-refractivity contribution is 6.21. The maximum absolute atomic E-state index is 14.2. The Morgan fingerprint density at radius 3 is 2.16 bits per heavy atom. The number of rotatable bonds is 9. The number of carbonyl (C=O) groups is 3. The van der Waals surface area contributed by atoms with E-state index >= 15 is 0 Å². The summed E-state index contributed by atoms with van der Waals surface area (Å²) >= 11 is 0. The first-order chi connectivity index (χ1) is 21.1. The number of halogens is 3. The van der Waals surface area contributed by atoms with E-state index < -0.39 is 54.7 Å². The fourth-order valence-corrected chi connectivity index (χ4v) is 5.27. The second-order valence-electron chi connectivity index (χ2n) is 10.2. The molecule has 3 N–H and O–H groups in total. The lowest BCUT2D eigenvalue weighted by molar-refractivity contribution is -0.144. The number of benzene rings is 3. The zero-order chi connectivity index (χ0) is 31.3. The molecule has 0 fully saturated rings. The van der Waals surface area contributed by atoms with Gasteiger partial charge in [0.1, 0.15) is 5.82 Å². The highest BCUT2D eigenvalue weighted by Gasteiger charge is 2.41. The van der Waals surface area contributed by atoms with Gasteiger partial charge in [0.05, 0.1) is 23.2 Å². The predicted octanol–water partition coefficient (Wildman–Crippen LogP) is 5.27. The van der Waals surface area contributed by atoms with Crippen LogP contribution in [0.1, 0.15) is 35.4 Å². The van der Waals surface area contributed by atoms with Crippen LogP contribution in [0.2, 0.25) is 0 Å². The van der Waals surface area contributed by atoms with Crippen LogP contribution in [0.15, 0.2) is 114 Å². The van der Waals surface area contributed by atoms with E-state index in [1.54, 1.807) is 84.9 Å². The molecule has 1 aromatic heterocycles. The molecule has 3 atom stereocenters. The number of nitrogens with two attached hydrogens (primary N) is 1. The fraction of sp³-hybridized carbons (Fsp3) is 0.182. The number of aliphatic imine (C=N–C) groups is 1. The van der Waals surface area contributed by atoms with Crippen molar-refractivity contribution < 1.29 is 27.6 Å². The number of nitrogens with zero attached hydrogens (tertiary/aromatic N) is 3. The van der Waals surface area contributed by atoms with Gasteiger partial charge in [-0.05, 0) is 30.2 Å². The molecule has 3 amide bonds. The smallest absolute Gasteiger partial charge is 0.369 e. The van der Waals surface area contributed by atoms with Crippen LogP contribution in [0.25, 0.3) is 0 Å². The number of pyridine rings is 1. The normalized spacial score (nSPS) is 16.2. The van der Waals surface area contributed by atoms with Gasteiger partial charge >= 0.3 is 6.18 Å². The van der Waals surface area contributed by atoms with Gasteiger partial charge in [0.15, 0.2) is 0 Å². The number of carbonyl (C=O) groups excluding carboxylic acids is 3. The van der Waals surface area contributed by atoms with Crippen molar-refractivity contribution >= 4 is 34.9 Å². The molecule has 3 aromatic carbocycles. The Bertz CT molecular complexity index is 1660. The number of nitrogens with one attached hydrogen (secondary N) is 1. The van der Waals surface area contributed by atoms with E-state index in [0.29, 0.717) is 22.5 Å². The van der Waals surface area contributed by atoms with Crippen molar-refractivity contribution in [1.82, 2.24) is 10.3 Å². The van der Waals surface area contributed by atoms with E-state index in [1.807, 2.05) is 6.07 Å². The summed E-state index contributed by atoms with van der Waals surface area (Å²) in [4.78, 5) is 51.1. The van der Waals surface area contributed by atoms with Crippen LogP contribution in [-0.4, -0.2) is 40.8 Å². The van der Waals surface area contributed by atoms with E-state index in [0.717, 1.165) is 0 Å². The molecule has 1 aliphatic heterocycles. The molecule has 2 unspecified atom stereocenters. The molecule has 0 bridgehead atoms. The molecule has 4 aromatic rings. The predicted molar refractivity (Wildman–Crippen MR) is 159 cm³/mol. The van der Waals surface area contributed by atoms with E-state index in [9.17, 15) is 27.6 Å². The second-order valence-corrected chi connectivity index (χ2v) is 10.2. The van der Waals surface area contributed by atoms with E-state index in [1.165, 1.54) is 23.2 Å². The first kappa shape index (κ1) is 30.1. The van der Waals surface area contributed by atoms with Gasteiger partial charge in [0.2, 0.25) is 18.0 Å². The van der Waals surface area contributed by atoms with E-state index in [4.69, 9.17) is 5.73 Å². The third-order valence-electron chi connectivity index (χ3n) is 7.26. The summed E-state index contributed by atoms with van der Waals surface area (Å²) in [6.07, 6.45) is -6.76. The lowest BCUT2D eigenvalue weighted by Gasteiger charge is -2.28. The van der Waals surface area contributed by atoms with Gasteiger partial charge < -0.3 is 11.1 Å². The first-order valence-electron chi connectivity index (χ1n) is 13.8. The summed E-state index contributed by atoms with van der Waals surface area (Å²) in [5.74, 6) is -5.32. The maximum Gasteiger partial charge on any atom is 0.389 e. The summed E-state index contributed by atoms with van der Waals surface area (Å²) in [5.41, 5.74) is 7.99. The monoisotopic (exact) mass is 599 g/mol. The van der Waals surface area contributed by atoms with Crippen molar-refractivity contribution in [1.29, 1.82) is 0 Å². The largest absolute Gasteiger partial charge is 0.389 e. The molecule has 0 aliphatic carbocycles. The summed E-state index contributed by atoms with van der Waals surface area (Å²) in [5, 5.41) is 2.56. The molecule has 8 nitrogen and oxygen atoms in total. The number of hydrogen-bond acceptors (Lipinski definition) is 5. The summed E-state index contributed by atoms with van der Waals surface area (Å²) in [7, 11) is 0. The highest BCUT2D eigenvalue weighted by Crippen LogP contribution is 2.35. The molecule has 224 valence electrons. The Hall–Kier alpha value is -5.32. The van der Waals surface area contributed by atoms with Gasteiger partial charge in [-0.1, -0.05) is 84.9 Å². The van der Waals surface area contributed by atoms with Crippen molar-refractivity contribution in [3.05, 3.63) is 126 Å². The number of aromatic nitrogens is 1. The Kier molecular flexibility index (Phi) is 8.84. The number of fused-ring (bicyclic) bond motifs is 1. The quantitative estimate of drug-likeness (QED) is 0.273. The van der Waals surface area contributed by atoms with Crippen molar-refractivity contribution in [2.24, 2.45) is 16.6 Å². The van der Waals surface area contributed by atoms with Crippen molar-refractivity contribution in [2.45, 2.75) is 31.1 Å². The van der Waals surface area contributed by atoms with Crippen molar-refractivity contribution in [3.8, 4) is 0 Å². The van der Waals surface area contributed by atoms with Crippen LogP contribution in [-0.2, 0) is 14.4 Å². The average Bonchev–Trinajstić information content (AvgIpc) is 3.13. The first-order valence-corrected chi connectivity index (χ1v) is 13.8. The molecule has 5 rings (SSSR count). The second kappa shape index (κ2) is 12.9. The fourth-order valence-electron chi connectivity index (χ4n) is 5.27. The lowest BCUT2D eigenvalue weighted by atomic mass is 9.81. The van der Waals surface area contributed by atoms with E-state index in [-0.39, 0.29) is 11.4 Å². The molecular weight excluding hydrogens is 571 g/mol. The molecule has 44 heavy (non-hydrogen) atoms. The van der Waals surface area contributed by atoms with Crippen molar-refractivity contribution in [2.75, 3.05) is 4.90 Å². The third kappa shape index (κ3) is 6.67. The van der Waals surface area contributed by atoms with Gasteiger partial charge in [-0.2, -0.15) is 13.2 Å². The number of primary amides is 1. The van der Waals surface area contributed by atoms with Gasteiger partial charge in [0.25, 0.3) is 5.91 Å². The summed E-state index contributed by atoms with van der Waals surface area (Å²) in [6.45, 7) is 0. The number of amides is 3. The highest BCUT2D eigenvalue weighted by atomic mass is 19.4. The summed E-state index contributed by atoms with van der Waals surface area (Å²) < 4.78 is 40.2. The zero-order valence-electron chi connectivity index (χ0n) is 23.3. The van der Waals surface area contributed by atoms with Crippen LogP contribution in [0.4, 0.5) is 24.7 Å². The van der Waals surface area contributed by atoms with Crippen LogP contribution >= 0.6 is 0 Å². The van der Waals surface area contributed by atoms with Crippen LogP contribution in [0.3, 0.4) is 0 Å². The van der Waals surface area contributed by atoms with Gasteiger partial charge in [-0.3, -0.25) is 19.3 Å². The molecule has 11 heteroatoms. The van der Waals surface area contributed by atoms with Crippen LogP contribution in [0.5, 0.6) is 0 Å². The Labute approximate surface area is 251 Å². The topological polar surface area (TPSA) is 118 Å². The number of para-hydroxylation sites is 1. The molecule has 1 aliphatic rings. The van der Waals surface area contributed by atoms with E-state index in [2.05, 4.69) is 15.3 Å². The average molecular weight is 600 g/mol. The zero-order valence-corrected chi connectivity index (χ0v) is 23.3. The Morgan fingerprint density at radius 2 is 1.52 bits per heavy atom. The third-order valence-corrected chi connectivity index (χ3v) is 7.26. The molecule has 0 radical (unpaired) electrons. The molecular formula is C33H28F3N5O3. The standard InChI is InChI=1S/C33H28F3N5O3/c34-33(35,36)19-18-24(27(29(37)42)21-11-3-1-4-12-21)31(43)40-30-32(44)41(26-17-9-10-20-38-26)25-16-8-7-15-23(25)28(39-30)22-13-5-2-6-14-22/h1-17,20,24,27,30H,18-19H2,(H2,37,42)(H,40,43)/t24?,27?,30-/m1/s1. The SMILES string of the molecule is NC(=O)C(c1ccccc1)C(CCC(F)(F)F)C(=O)N[C@H]1N=C(c2ccccc2)c2ccccc2N(c2ccccn2)C1=O. The van der Waals surface area contributed by atoms with Gasteiger partial charge in [-0.25, -0.2) is 9.98 Å². The molecule has 0 saturated carbocycles. The minimum absolute atomic E-state index is 0.252. The number of hydrogen-bond donors (Lipinski definition) is 2. The lowest BCUT2D eigenvalue weighted by Crippen LogP contribution is -2.49. The Morgan fingerprint density at radius 1 is 0.886 bits per heavy atom. The molecule has 0 saturated heterocycles. The van der Waals surface area contributed by atoms with Gasteiger partial charge in [-0.15, -0.1) is 0 Å². The number of benzodiazepines with no additional fused rings is 1. The Balaban J connectivity index is 1.61. The number of anilines is 2. The summed E-state index contributed by atoms with van der Waals surface area (Å²) in [6, 6.07) is 28.9. The maximum atomic E-state index is 14.2. The minimum Gasteiger partial charge on any atom is -0.369 e. The van der Waals surface area contributed by atoms with Crippen LogP contribution in [0, 0.1) is 5.92 Å². The van der Waals surface area contributed by atoms with Crippen LogP contribution < -0.4 is 16.0 Å². The van der Waals surface area contributed by atoms with Gasteiger partial charge in [0, 0.05) is 23.7 Å².